The second-order valence-electron chi connectivity index (χ2n) is 14.7. The predicted octanol–water partition coefficient (Wildman–Crippen LogP) is 11.7. The lowest BCUT2D eigenvalue weighted by molar-refractivity contribution is -0.154. The van der Waals surface area contributed by atoms with Gasteiger partial charge in [-0.1, -0.05) is 174 Å². The first-order valence-corrected chi connectivity index (χ1v) is 23.2. The van der Waals surface area contributed by atoms with Crippen LogP contribution in [-0.4, -0.2) is 66.3 Å². The fraction of sp³-hybridized carbons (Fsp3) is 0.929. The Kier molecular flexibility index (Phi) is 39.3. The molecule has 0 aliphatic heterocycles. The molecule has 0 heterocycles. The van der Waals surface area contributed by atoms with Gasteiger partial charge in [0.15, 0.2) is 0 Å². The zero-order valence-corrected chi connectivity index (χ0v) is 34.7. The summed E-state index contributed by atoms with van der Waals surface area (Å²) < 4.78 is 33.4. The number of phosphoric acid groups is 1. The number of carbonyl (C=O) groups excluding carboxylic acids is 1. The van der Waals surface area contributed by atoms with E-state index < -0.39 is 33.2 Å². The van der Waals surface area contributed by atoms with E-state index in [9.17, 15) is 19.4 Å². The zero-order chi connectivity index (χ0) is 38.2. The number of hydrogen-bond donors (Lipinski definition) is 3. The SMILES string of the molecule is CCCCCCCC/C=C\CCCCCCCC(=O)O[C@H](COCCCCCCCCCCCCCCCCCC)COP(=O)(O)OC[C@@H](O)CO. The van der Waals surface area contributed by atoms with Crippen molar-refractivity contribution in [3.05, 3.63) is 12.2 Å². The third kappa shape index (κ3) is 38.9. The fourth-order valence-corrected chi connectivity index (χ4v) is 6.91. The molecule has 0 aromatic carbocycles. The molecule has 0 aliphatic carbocycles. The number of carbonyl (C=O) groups is 1. The van der Waals surface area contributed by atoms with Gasteiger partial charge in [-0.15, -0.1) is 0 Å². The van der Waals surface area contributed by atoms with Gasteiger partial charge in [0.2, 0.25) is 0 Å². The molecule has 0 aliphatic rings. The van der Waals surface area contributed by atoms with Gasteiger partial charge in [0.05, 0.1) is 26.4 Å². The average molecular weight is 763 g/mol. The van der Waals surface area contributed by atoms with Gasteiger partial charge in [0, 0.05) is 13.0 Å². The summed E-state index contributed by atoms with van der Waals surface area (Å²) in [5.74, 6) is -0.387. The topological polar surface area (TPSA) is 132 Å². The van der Waals surface area contributed by atoms with E-state index in [1.165, 1.54) is 135 Å². The van der Waals surface area contributed by atoms with Crippen LogP contribution in [0.15, 0.2) is 12.2 Å². The molecule has 3 N–H and O–H groups in total. The maximum absolute atomic E-state index is 12.6. The van der Waals surface area contributed by atoms with E-state index in [1.54, 1.807) is 0 Å². The average Bonchev–Trinajstić information content (AvgIpc) is 3.13. The van der Waals surface area contributed by atoms with Crippen molar-refractivity contribution in [1.29, 1.82) is 0 Å². The Morgan fingerprint density at radius 1 is 0.577 bits per heavy atom. The van der Waals surface area contributed by atoms with E-state index in [0.717, 1.165) is 51.4 Å². The lowest BCUT2D eigenvalue weighted by Gasteiger charge is -2.20. The van der Waals surface area contributed by atoms with E-state index in [2.05, 4.69) is 26.0 Å². The Morgan fingerprint density at radius 2 is 0.981 bits per heavy atom. The number of rotatable bonds is 42. The van der Waals surface area contributed by atoms with Crippen LogP contribution in [0.5, 0.6) is 0 Å². The molecule has 3 atom stereocenters. The van der Waals surface area contributed by atoms with Crippen LogP contribution in [0.2, 0.25) is 0 Å². The predicted molar refractivity (Wildman–Crippen MR) is 215 cm³/mol. The van der Waals surface area contributed by atoms with E-state index in [1.807, 2.05) is 0 Å². The number of phosphoric ester groups is 1. The lowest BCUT2D eigenvalue weighted by Crippen LogP contribution is -2.29. The summed E-state index contributed by atoms with van der Waals surface area (Å²) in [6.07, 6.45) is 38.8. The van der Waals surface area contributed by atoms with Crippen LogP contribution in [0, 0.1) is 0 Å². The third-order valence-electron chi connectivity index (χ3n) is 9.45. The molecule has 1 unspecified atom stereocenters. The van der Waals surface area contributed by atoms with Crippen molar-refractivity contribution in [1.82, 2.24) is 0 Å². The number of aliphatic hydroxyl groups excluding tert-OH is 2. The highest BCUT2D eigenvalue weighted by atomic mass is 31.2. The molecule has 310 valence electrons. The molecule has 10 heteroatoms. The molecular formula is C42H83O9P. The zero-order valence-electron chi connectivity index (χ0n) is 33.8. The van der Waals surface area contributed by atoms with Crippen LogP contribution in [0.4, 0.5) is 0 Å². The van der Waals surface area contributed by atoms with Crippen LogP contribution in [0.25, 0.3) is 0 Å². The van der Waals surface area contributed by atoms with Gasteiger partial charge >= 0.3 is 13.8 Å². The maximum atomic E-state index is 12.6. The smallest absolute Gasteiger partial charge is 0.457 e. The van der Waals surface area contributed by atoms with E-state index in [-0.39, 0.29) is 25.6 Å². The number of ether oxygens (including phenoxy) is 2. The number of aliphatic hydroxyl groups is 2. The summed E-state index contributed by atoms with van der Waals surface area (Å²) in [6, 6.07) is 0. The second-order valence-corrected chi connectivity index (χ2v) is 16.2. The molecule has 52 heavy (non-hydrogen) atoms. The van der Waals surface area contributed by atoms with E-state index >= 15 is 0 Å². The third-order valence-corrected chi connectivity index (χ3v) is 10.4. The van der Waals surface area contributed by atoms with Gasteiger partial charge in [0.25, 0.3) is 0 Å². The first-order valence-electron chi connectivity index (χ1n) is 21.7. The first kappa shape index (κ1) is 51.2. The number of unbranched alkanes of at least 4 members (excludes halogenated alkanes) is 26. The number of allylic oxidation sites excluding steroid dienone is 2. The standard InChI is InChI=1S/C42H83O9P/c1-3-5-7-9-11-13-15-17-19-21-23-25-27-29-31-33-35-48-38-41(39-50-52(46,47)49-37-40(44)36-43)51-42(45)34-32-30-28-26-24-22-20-18-16-14-12-10-8-6-4-2/h18,20,40-41,43-44H,3-17,19,21-39H2,1-2H3,(H,46,47)/b20-18-/t40-,41+/m0/s1. The van der Waals surface area contributed by atoms with Crippen molar-refractivity contribution in [3.63, 3.8) is 0 Å². The van der Waals surface area contributed by atoms with Crippen LogP contribution in [0.1, 0.15) is 206 Å². The summed E-state index contributed by atoms with van der Waals surface area (Å²) in [6.45, 7) is 3.54. The van der Waals surface area contributed by atoms with Gasteiger partial charge in [0.1, 0.15) is 12.2 Å². The first-order chi connectivity index (χ1) is 25.3. The molecule has 0 radical (unpaired) electrons. The minimum atomic E-state index is -4.51. The van der Waals surface area contributed by atoms with Gasteiger partial charge in [-0.25, -0.2) is 4.57 Å². The molecule has 0 spiro atoms. The van der Waals surface area contributed by atoms with Crippen LogP contribution in [0.3, 0.4) is 0 Å². The molecule has 9 nitrogen and oxygen atoms in total. The summed E-state index contributed by atoms with van der Waals surface area (Å²) in [4.78, 5) is 22.5. The molecule has 0 rings (SSSR count). The minimum Gasteiger partial charge on any atom is -0.457 e. The monoisotopic (exact) mass is 763 g/mol. The number of esters is 1. The van der Waals surface area contributed by atoms with E-state index in [0.29, 0.717) is 6.61 Å². The van der Waals surface area contributed by atoms with Gasteiger partial charge in [-0.2, -0.15) is 0 Å². The quantitative estimate of drug-likeness (QED) is 0.0241. The Bertz CT molecular complexity index is 825. The normalized spacial score (nSPS) is 14.2. The summed E-state index contributed by atoms with van der Waals surface area (Å²) in [5, 5.41) is 18.3. The summed E-state index contributed by atoms with van der Waals surface area (Å²) >= 11 is 0. The van der Waals surface area contributed by atoms with Crippen LogP contribution in [-0.2, 0) is 27.9 Å². The number of hydrogen-bond acceptors (Lipinski definition) is 8. The molecule has 0 saturated heterocycles. The molecule has 0 saturated carbocycles. The highest BCUT2D eigenvalue weighted by Crippen LogP contribution is 2.43. The van der Waals surface area contributed by atoms with E-state index in [4.69, 9.17) is 23.6 Å². The molecule has 0 fully saturated rings. The highest BCUT2D eigenvalue weighted by Gasteiger charge is 2.26. The Hall–Kier alpha value is -0.800. The Morgan fingerprint density at radius 3 is 1.44 bits per heavy atom. The largest absolute Gasteiger partial charge is 0.472 e. The fourth-order valence-electron chi connectivity index (χ4n) is 6.12. The lowest BCUT2D eigenvalue weighted by atomic mass is 10.0. The van der Waals surface area contributed by atoms with Crippen molar-refractivity contribution in [3.8, 4) is 0 Å². The molecular weight excluding hydrogens is 679 g/mol. The molecule has 0 aromatic rings. The Balaban J connectivity index is 4.15. The van der Waals surface area contributed by atoms with Crippen molar-refractivity contribution >= 4 is 13.8 Å². The Labute approximate surface area is 320 Å². The van der Waals surface area contributed by atoms with Gasteiger partial charge < -0.3 is 24.6 Å². The summed E-state index contributed by atoms with van der Waals surface area (Å²) in [7, 11) is -4.51. The van der Waals surface area contributed by atoms with Gasteiger partial charge in [-0.05, 0) is 38.5 Å². The minimum absolute atomic E-state index is 0.0517. The molecule has 0 amide bonds. The van der Waals surface area contributed by atoms with Gasteiger partial charge in [-0.3, -0.25) is 13.8 Å². The second kappa shape index (κ2) is 39.9. The molecule has 0 aromatic heterocycles. The highest BCUT2D eigenvalue weighted by molar-refractivity contribution is 7.47. The van der Waals surface area contributed by atoms with Crippen molar-refractivity contribution < 1.29 is 43.0 Å². The van der Waals surface area contributed by atoms with Crippen molar-refractivity contribution in [2.24, 2.45) is 0 Å². The summed E-state index contributed by atoms with van der Waals surface area (Å²) in [5.41, 5.74) is 0. The van der Waals surface area contributed by atoms with Crippen LogP contribution >= 0.6 is 7.82 Å². The van der Waals surface area contributed by atoms with Crippen LogP contribution < -0.4 is 0 Å². The molecule has 0 bridgehead atoms. The maximum Gasteiger partial charge on any atom is 0.472 e. The van der Waals surface area contributed by atoms with Crippen molar-refractivity contribution in [2.75, 3.05) is 33.0 Å². The van der Waals surface area contributed by atoms with Crippen molar-refractivity contribution in [2.45, 2.75) is 219 Å².